The van der Waals surface area contributed by atoms with Crippen molar-refractivity contribution in [2.75, 3.05) is 11.9 Å². The number of nitrogens with zero attached hydrogens (tertiary/aromatic N) is 1. The monoisotopic (exact) mass is 254 g/mol. The summed E-state index contributed by atoms with van der Waals surface area (Å²) in [4.78, 5) is 21.4. The number of nitrogens with one attached hydrogen (secondary N) is 1. The summed E-state index contributed by atoms with van der Waals surface area (Å²) in [5.74, 6) is 0. The second kappa shape index (κ2) is 5.90. The van der Waals surface area contributed by atoms with E-state index >= 15 is 0 Å². The van der Waals surface area contributed by atoms with Crippen LogP contribution < -0.4 is 5.32 Å². The van der Waals surface area contributed by atoms with Crippen molar-refractivity contribution in [3.8, 4) is 0 Å². The van der Waals surface area contributed by atoms with Crippen molar-refractivity contribution < 1.29 is 14.5 Å². The molecule has 6 nitrogen and oxygen atoms in total. The minimum atomic E-state index is -0.672. The SMILES string of the molecule is C=CCOC(=O)Nc1ccc([N+](=O)[O-])cc1S. The number of non-ortho nitro benzene ring substituents is 1. The van der Waals surface area contributed by atoms with Gasteiger partial charge in [0.15, 0.2) is 0 Å². The maximum Gasteiger partial charge on any atom is 0.411 e. The maximum absolute atomic E-state index is 11.2. The first-order chi connectivity index (χ1) is 8.04. The van der Waals surface area contributed by atoms with Crippen molar-refractivity contribution in [1.29, 1.82) is 0 Å². The Balaban J connectivity index is 2.75. The molecule has 0 spiro atoms. The van der Waals surface area contributed by atoms with E-state index < -0.39 is 11.0 Å². The molecule has 0 aliphatic rings. The number of benzene rings is 1. The number of thiol groups is 1. The predicted octanol–water partition coefficient (Wildman–Crippen LogP) is 2.62. The zero-order valence-electron chi connectivity index (χ0n) is 8.75. The van der Waals surface area contributed by atoms with Gasteiger partial charge in [0.25, 0.3) is 5.69 Å². The van der Waals surface area contributed by atoms with E-state index in [1.54, 1.807) is 0 Å². The highest BCUT2D eigenvalue weighted by atomic mass is 32.1. The highest BCUT2D eigenvalue weighted by molar-refractivity contribution is 7.80. The van der Waals surface area contributed by atoms with Crippen molar-refractivity contribution in [3.63, 3.8) is 0 Å². The van der Waals surface area contributed by atoms with Crippen LogP contribution in [-0.2, 0) is 4.74 Å². The number of ether oxygens (including phenoxy) is 1. The molecule has 0 aliphatic heterocycles. The Labute approximate surface area is 103 Å². The van der Waals surface area contributed by atoms with Gasteiger partial charge in [-0.2, -0.15) is 0 Å². The van der Waals surface area contributed by atoms with Crippen LogP contribution in [0.25, 0.3) is 0 Å². The molecule has 90 valence electrons. The van der Waals surface area contributed by atoms with Gasteiger partial charge in [0, 0.05) is 17.0 Å². The lowest BCUT2D eigenvalue weighted by Gasteiger charge is -2.07. The lowest BCUT2D eigenvalue weighted by molar-refractivity contribution is -0.385. The zero-order chi connectivity index (χ0) is 12.8. The molecule has 1 rings (SSSR count). The Morgan fingerprint density at radius 3 is 2.88 bits per heavy atom. The van der Waals surface area contributed by atoms with Crippen LogP contribution in [0.1, 0.15) is 0 Å². The van der Waals surface area contributed by atoms with Gasteiger partial charge in [0.1, 0.15) is 6.61 Å². The van der Waals surface area contributed by atoms with Crippen molar-refractivity contribution in [2.24, 2.45) is 0 Å². The minimum Gasteiger partial charge on any atom is -0.445 e. The van der Waals surface area contributed by atoms with Gasteiger partial charge in [-0.05, 0) is 6.07 Å². The summed E-state index contributed by atoms with van der Waals surface area (Å²) >= 11 is 4.03. The standard InChI is InChI=1S/C10H10N2O4S/c1-2-5-16-10(13)11-8-4-3-7(12(14)15)6-9(8)17/h2-4,6,17H,1,5H2,(H,11,13). The summed E-state index contributed by atoms with van der Waals surface area (Å²) in [6, 6.07) is 3.89. The Hall–Kier alpha value is -2.02. The number of carbonyl (C=O) groups excluding carboxylic acids is 1. The smallest absolute Gasteiger partial charge is 0.411 e. The van der Waals surface area contributed by atoms with Gasteiger partial charge in [-0.25, -0.2) is 4.79 Å². The predicted molar refractivity (Wildman–Crippen MR) is 65.5 cm³/mol. The normalized spacial score (nSPS) is 9.47. The molecule has 1 aromatic carbocycles. The summed E-state index contributed by atoms with van der Waals surface area (Å²) in [6.45, 7) is 3.48. The van der Waals surface area contributed by atoms with Crippen LogP contribution >= 0.6 is 12.6 Å². The molecule has 0 unspecified atom stereocenters. The molecule has 17 heavy (non-hydrogen) atoms. The quantitative estimate of drug-likeness (QED) is 0.374. The molecule has 0 atom stereocenters. The van der Waals surface area contributed by atoms with Crippen LogP contribution in [0.3, 0.4) is 0 Å². The third kappa shape index (κ3) is 3.80. The van der Waals surface area contributed by atoms with Crippen LogP contribution in [0.2, 0.25) is 0 Å². The fourth-order valence-electron chi connectivity index (χ4n) is 1.02. The Kier molecular flexibility index (Phi) is 4.53. The number of amides is 1. The second-order valence-corrected chi connectivity index (χ2v) is 3.45. The molecule has 0 saturated heterocycles. The number of nitro benzene ring substituents is 1. The summed E-state index contributed by atoms with van der Waals surface area (Å²) in [5.41, 5.74) is 0.244. The lowest BCUT2D eigenvalue weighted by atomic mass is 10.3. The fourth-order valence-corrected chi connectivity index (χ4v) is 1.28. The van der Waals surface area contributed by atoms with Crippen molar-refractivity contribution in [2.45, 2.75) is 4.90 Å². The minimum absolute atomic E-state index is 0.0840. The number of carbonyl (C=O) groups is 1. The number of hydrogen-bond donors (Lipinski definition) is 2. The molecule has 1 amide bonds. The molecule has 1 aromatic rings. The van der Waals surface area contributed by atoms with E-state index in [4.69, 9.17) is 4.74 Å². The second-order valence-electron chi connectivity index (χ2n) is 2.97. The Bertz CT molecular complexity index is 462. The molecule has 0 heterocycles. The first kappa shape index (κ1) is 13.0. The third-order valence-corrected chi connectivity index (χ3v) is 2.13. The molecule has 0 fully saturated rings. The molecule has 0 bridgehead atoms. The van der Waals surface area contributed by atoms with Gasteiger partial charge >= 0.3 is 6.09 Å². The van der Waals surface area contributed by atoms with E-state index in [-0.39, 0.29) is 17.2 Å². The van der Waals surface area contributed by atoms with Gasteiger partial charge in [-0.3, -0.25) is 15.4 Å². The van der Waals surface area contributed by atoms with Crippen molar-refractivity contribution in [3.05, 3.63) is 41.0 Å². The first-order valence-corrected chi connectivity index (χ1v) is 5.01. The number of rotatable bonds is 4. The van der Waals surface area contributed by atoms with E-state index in [0.717, 1.165) is 0 Å². The van der Waals surface area contributed by atoms with Crippen LogP contribution in [-0.4, -0.2) is 17.6 Å². The molecule has 0 saturated carbocycles. The molecule has 7 heteroatoms. The van der Waals surface area contributed by atoms with Crippen LogP contribution in [0, 0.1) is 10.1 Å². The molecule has 0 aliphatic carbocycles. The topological polar surface area (TPSA) is 81.5 Å². The van der Waals surface area contributed by atoms with Crippen LogP contribution in [0.5, 0.6) is 0 Å². The molecule has 1 N–H and O–H groups in total. The maximum atomic E-state index is 11.2. The average molecular weight is 254 g/mol. The highest BCUT2D eigenvalue weighted by Gasteiger charge is 2.10. The fraction of sp³-hybridized carbons (Fsp3) is 0.100. The third-order valence-electron chi connectivity index (χ3n) is 1.76. The van der Waals surface area contributed by atoms with Crippen LogP contribution in [0.15, 0.2) is 35.7 Å². The molecular weight excluding hydrogens is 244 g/mol. The number of anilines is 1. The van der Waals surface area contributed by atoms with Gasteiger partial charge in [0.2, 0.25) is 0 Å². The van der Waals surface area contributed by atoms with Gasteiger partial charge in [-0.1, -0.05) is 12.7 Å². The largest absolute Gasteiger partial charge is 0.445 e. The molecule has 0 radical (unpaired) electrons. The summed E-state index contributed by atoms with van der Waals surface area (Å²) in [7, 11) is 0. The van der Waals surface area contributed by atoms with E-state index in [1.165, 1.54) is 24.3 Å². The molecule has 0 aromatic heterocycles. The van der Waals surface area contributed by atoms with Gasteiger partial charge in [-0.15, -0.1) is 12.6 Å². The van der Waals surface area contributed by atoms with Gasteiger partial charge in [0.05, 0.1) is 10.6 Å². The van der Waals surface area contributed by atoms with E-state index in [9.17, 15) is 14.9 Å². The number of hydrogen-bond acceptors (Lipinski definition) is 5. The number of nitro groups is 1. The summed E-state index contributed by atoms with van der Waals surface area (Å²) in [5, 5.41) is 12.9. The first-order valence-electron chi connectivity index (χ1n) is 4.56. The molecular formula is C10H10N2O4S. The van der Waals surface area contributed by atoms with E-state index in [1.807, 2.05) is 0 Å². The summed E-state index contributed by atoms with van der Waals surface area (Å²) < 4.78 is 4.69. The van der Waals surface area contributed by atoms with Gasteiger partial charge < -0.3 is 4.74 Å². The van der Waals surface area contributed by atoms with Crippen LogP contribution in [0.4, 0.5) is 16.2 Å². The lowest BCUT2D eigenvalue weighted by Crippen LogP contribution is -2.14. The highest BCUT2D eigenvalue weighted by Crippen LogP contribution is 2.25. The summed E-state index contributed by atoms with van der Waals surface area (Å²) in [6.07, 6.45) is 0.755. The van der Waals surface area contributed by atoms with Crippen molar-refractivity contribution >= 4 is 30.1 Å². The average Bonchev–Trinajstić information content (AvgIpc) is 2.28. The Morgan fingerprint density at radius 2 is 2.35 bits per heavy atom. The van der Waals surface area contributed by atoms with Crippen molar-refractivity contribution in [1.82, 2.24) is 0 Å². The van der Waals surface area contributed by atoms with E-state index in [2.05, 4.69) is 24.5 Å². The Morgan fingerprint density at radius 1 is 1.65 bits per heavy atom. The van der Waals surface area contributed by atoms with E-state index in [0.29, 0.717) is 5.69 Å². The zero-order valence-corrected chi connectivity index (χ0v) is 9.65.